The van der Waals surface area contributed by atoms with Crippen molar-refractivity contribution in [1.29, 1.82) is 0 Å². The molecule has 88 valence electrons. The van der Waals surface area contributed by atoms with Gasteiger partial charge < -0.3 is 9.73 Å². The lowest BCUT2D eigenvalue weighted by atomic mass is 10.2. The summed E-state index contributed by atoms with van der Waals surface area (Å²) in [6.45, 7) is 0.735. The van der Waals surface area contributed by atoms with Crippen molar-refractivity contribution < 1.29 is 17.6 Å². The molecule has 2 N–H and O–H groups in total. The molecule has 0 unspecified atom stereocenters. The Bertz CT molecular complexity index is 460. The Balaban J connectivity index is 2.06. The van der Waals surface area contributed by atoms with E-state index in [2.05, 4.69) is 5.32 Å². The predicted molar refractivity (Wildman–Crippen MR) is 55.1 cm³/mol. The van der Waals surface area contributed by atoms with Crippen molar-refractivity contribution >= 4 is 15.9 Å². The van der Waals surface area contributed by atoms with Gasteiger partial charge in [0, 0.05) is 0 Å². The van der Waals surface area contributed by atoms with Crippen LogP contribution in [-0.4, -0.2) is 26.9 Å². The van der Waals surface area contributed by atoms with Crippen molar-refractivity contribution in [3.05, 3.63) is 18.4 Å². The number of amides is 1. The van der Waals surface area contributed by atoms with Gasteiger partial charge in [-0.05, 0) is 31.5 Å². The number of sulfonamides is 1. The smallest absolute Gasteiger partial charge is 0.297 e. The largest absolute Gasteiger partial charge is 0.451 e. The van der Waals surface area contributed by atoms with Crippen molar-refractivity contribution in [1.82, 2.24) is 10.0 Å². The van der Waals surface area contributed by atoms with Crippen LogP contribution in [0.5, 0.6) is 0 Å². The molecule has 1 atom stereocenters. The monoisotopic (exact) mass is 244 g/mol. The zero-order chi connectivity index (χ0) is 11.6. The SMILES string of the molecule is O=C(NS(=O)(=O)c1ccco1)[C@@H]1CCCN1. The van der Waals surface area contributed by atoms with E-state index in [1.54, 1.807) is 0 Å². The zero-order valence-electron chi connectivity index (χ0n) is 8.47. The molecule has 1 aliphatic heterocycles. The quantitative estimate of drug-likeness (QED) is 0.771. The Morgan fingerprint density at radius 2 is 2.38 bits per heavy atom. The molecule has 0 saturated carbocycles. The lowest BCUT2D eigenvalue weighted by molar-refractivity contribution is -0.121. The molecule has 0 bridgehead atoms. The molecule has 1 aromatic rings. The van der Waals surface area contributed by atoms with Gasteiger partial charge in [-0.2, -0.15) is 8.42 Å². The van der Waals surface area contributed by atoms with Crippen molar-refractivity contribution in [2.24, 2.45) is 0 Å². The molecule has 1 aromatic heterocycles. The first-order valence-corrected chi connectivity index (χ1v) is 6.41. The maximum Gasteiger partial charge on any atom is 0.297 e. The summed E-state index contributed by atoms with van der Waals surface area (Å²) in [6.07, 6.45) is 2.77. The summed E-state index contributed by atoms with van der Waals surface area (Å²) in [4.78, 5) is 11.6. The Morgan fingerprint density at radius 1 is 1.56 bits per heavy atom. The summed E-state index contributed by atoms with van der Waals surface area (Å²) < 4.78 is 29.9. The first-order valence-electron chi connectivity index (χ1n) is 4.93. The van der Waals surface area contributed by atoms with Gasteiger partial charge in [0.05, 0.1) is 12.3 Å². The van der Waals surface area contributed by atoms with Crippen molar-refractivity contribution in [3.8, 4) is 0 Å². The van der Waals surface area contributed by atoms with Crippen LogP contribution in [0.3, 0.4) is 0 Å². The van der Waals surface area contributed by atoms with E-state index >= 15 is 0 Å². The van der Waals surface area contributed by atoms with Crippen molar-refractivity contribution in [2.75, 3.05) is 6.54 Å². The van der Waals surface area contributed by atoms with Gasteiger partial charge in [0.25, 0.3) is 15.9 Å². The van der Waals surface area contributed by atoms with Crippen LogP contribution in [0.4, 0.5) is 0 Å². The van der Waals surface area contributed by atoms with E-state index in [1.165, 1.54) is 18.4 Å². The first-order chi connectivity index (χ1) is 7.59. The molecule has 2 rings (SSSR count). The summed E-state index contributed by atoms with van der Waals surface area (Å²) in [7, 11) is -3.86. The van der Waals surface area contributed by atoms with Crippen LogP contribution in [0, 0.1) is 0 Å². The number of carbonyl (C=O) groups is 1. The fraction of sp³-hybridized carbons (Fsp3) is 0.444. The third-order valence-corrected chi connectivity index (χ3v) is 3.60. The highest BCUT2D eigenvalue weighted by molar-refractivity contribution is 7.89. The highest BCUT2D eigenvalue weighted by Gasteiger charge is 2.27. The van der Waals surface area contributed by atoms with E-state index < -0.39 is 22.0 Å². The highest BCUT2D eigenvalue weighted by Crippen LogP contribution is 2.10. The topological polar surface area (TPSA) is 88.4 Å². The fourth-order valence-corrected chi connectivity index (χ4v) is 2.53. The Morgan fingerprint density at radius 3 is 2.94 bits per heavy atom. The number of rotatable bonds is 3. The summed E-state index contributed by atoms with van der Waals surface area (Å²) >= 11 is 0. The van der Waals surface area contributed by atoms with Crippen LogP contribution >= 0.6 is 0 Å². The molecule has 0 aromatic carbocycles. The average Bonchev–Trinajstić information content (AvgIpc) is 2.91. The molecule has 6 nitrogen and oxygen atoms in total. The van der Waals surface area contributed by atoms with E-state index in [1.807, 2.05) is 4.72 Å². The number of hydrogen-bond donors (Lipinski definition) is 2. The van der Waals surface area contributed by atoms with E-state index in [9.17, 15) is 13.2 Å². The lowest BCUT2D eigenvalue weighted by Gasteiger charge is -2.09. The summed E-state index contributed by atoms with van der Waals surface area (Å²) in [5.41, 5.74) is 0. The van der Waals surface area contributed by atoms with Gasteiger partial charge in [-0.15, -0.1) is 0 Å². The summed E-state index contributed by atoms with van der Waals surface area (Å²) in [6, 6.07) is 2.31. The van der Waals surface area contributed by atoms with Crippen LogP contribution in [0.15, 0.2) is 27.9 Å². The van der Waals surface area contributed by atoms with Crippen LogP contribution in [0.25, 0.3) is 0 Å². The maximum atomic E-state index is 11.6. The first kappa shape index (κ1) is 11.2. The van der Waals surface area contributed by atoms with Crippen LogP contribution < -0.4 is 10.0 Å². The van der Waals surface area contributed by atoms with E-state index in [-0.39, 0.29) is 5.09 Å². The molecule has 0 aliphatic carbocycles. The van der Waals surface area contributed by atoms with Crippen LogP contribution in [0.2, 0.25) is 0 Å². The van der Waals surface area contributed by atoms with Crippen molar-refractivity contribution in [2.45, 2.75) is 24.0 Å². The highest BCUT2D eigenvalue weighted by atomic mass is 32.2. The lowest BCUT2D eigenvalue weighted by Crippen LogP contribution is -2.43. The third-order valence-electron chi connectivity index (χ3n) is 2.37. The molecule has 1 aliphatic rings. The van der Waals surface area contributed by atoms with Gasteiger partial charge >= 0.3 is 0 Å². The van der Waals surface area contributed by atoms with Crippen LogP contribution in [-0.2, 0) is 14.8 Å². The van der Waals surface area contributed by atoms with Crippen LogP contribution in [0.1, 0.15) is 12.8 Å². The van der Waals surface area contributed by atoms with E-state index in [4.69, 9.17) is 4.42 Å². The second kappa shape index (κ2) is 4.26. The number of hydrogen-bond acceptors (Lipinski definition) is 5. The van der Waals surface area contributed by atoms with Gasteiger partial charge in [0.1, 0.15) is 0 Å². The second-order valence-electron chi connectivity index (χ2n) is 3.55. The molecule has 2 heterocycles. The minimum absolute atomic E-state index is 0.251. The summed E-state index contributed by atoms with van der Waals surface area (Å²) in [5.74, 6) is -0.533. The third kappa shape index (κ3) is 2.25. The molecular weight excluding hydrogens is 232 g/mol. The standard InChI is InChI=1S/C9H12N2O4S/c12-9(7-3-1-5-10-7)11-16(13,14)8-4-2-6-15-8/h2,4,6-7,10H,1,3,5H2,(H,11,12)/t7-/m0/s1. The molecule has 1 saturated heterocycles. The van der Waals surface area contributed by atoms with Crippen molar-refractivity contribution in [3.63, 3.8) is 0 Å². The molecule has 0 spiro atoms. The Labute approximate surface area is 93.1 Å². The van der Waals surface area contributed by atoms with E-state index in [0.717, 1.165) is 13.0 Å². The summed E-state index contributed by atoms with van der Waals surface area (Å²) in [5, 5.41) is 2.67. The predicted octanol–water partition coefficient (Wildman–Crippen LogP) is -0.164. The molecule has 16 heavy (non-hydrogen) atoms. The van der Waals surface area contributed by atoms with E-state index in [0.29, 0.717) is 6.42 Å². The number of carbonyl (C=O) groups excluding carboxylic acids is 1. The maximum absolute atomic E-state index is 11.6. The fourth-order valence-electron chi connectivity index (χ4n) is 1.58. The van der Waals surface area contributed by atoms with Gasteiger partial charge in [-0.3, -0.25) is 4.79 Å². The van der Waals surface area contributed by atoms with Gasteiger partial charge in [-0.1, -0.05) is 0 Å². The number of nitrogens with one attached hydrogen (secondary N) is 2. The Kier molecular flexibility index (Phi) is 2.97. The molecular formula is C9H12N2O4S. The minimum atomic E-state index is -3.86. The zero-order valence-corrected chi connectivity index (χ0v) is 9.29. The molecule has 1 amide bonds. The molecule has 1 fully saturated rings. The average molecular weight is 244 g/mol. The Hall–Kier alpha value is -1.34. The second-order valence-corrected chi connectivity index (χ2v) is 5.16. The number of furan rings is 1. The van der Waals surface area contributed by atoms with Gasteiger partial charge in [0.2, 0.25) is 5.09 Å². The molecule has 7 heteroatoms. The minimum Gasteiger partial charge on any atom is -0.451 e. The van der Waals surface area contributed by atoms with Gasteiger partial charge in [-0.25, -0.2) is 4.72 Å². The normalized spacial score (nSPS) is 20.9. The van der Waals surface area contributed by atoms with Gasteiger partial charge in [0.15, 0.2) is 0 Å². The molecule has 0 radical (unpaired) electrons.